The molecule has 1 aromatic heterocycles. The number of fused-ring (bicyclic) bond motifs is 3. The second-order valence-corrected chi connectivity index (χ2v) is 13.8. The van der Waals surface area contributed by atoms with Gasteiger partial charge in [0.1, 0.15) is 0 Å². The van der Waals surface area contributed by atoms with Gasteiger partial charge in [-0.1, -0.05) is 172 Å². The summed E-state index contributed by atoms with van der Waals surface area (Å²) in [6.45, 7) is 4.68. The summed E-state index contributed by atoms with van der Waals surface area (Å²) in [7, 11) is 0. The molecule has 0 fully saturated rings. The molecule has 1 heterocycles. The summed E-state index contributed by atoms with van der Waals surface area (Å²) in [6.07, 6.45) is 0. The van der Waals surface area contributed by atoms with Crippen LogP contribution in [0, 0.1) is 0 Å². The Morgan fingerprint density at radius 1 is 0.333 bits per heavy atom. The highest BCUT2D eigenvalue weighted by Crippen LogP contribution is 2.52. The van der Waals surface area contributed by atoms with Crippen LogP contribution in [-0.4, -0.2) is 9.97 Å². The molecule has 1 aliphatic carbocycles. The van der Waals surface area contributed by atoms with Crippen LogP contribution < -0.4 is 0 Å². The van der Waals surface area contributed by atoms with E-state index in [1.807, 2.05) is 0 Å². The van der Waals surface area contributed by atoms with Gasteiger partial charge < -0.3 is 0 Å². The van der Waals surface area contributed by atoms with Crippen molar-refractivity contribution in [2.24, 2.45) is 0 Å². The van der Waals surface area contributed by atoms with Crippen LogP contribution in [0.3, 0.4) is 0 Å². The van der Waals surface area contributed by atoms with Crippen LogP contribution in [0.2, 0.25) is 0 Å². The van der Waals surface area contributed by atoms with Gasteiger partial charge in [-0.05, 0) is 79.9 Å². The first-order valence-electron chi connectivity index (χ1n) is 17.6. The Labute approximate surface area is 299 Å². The van der Waals surface area contributed by atoms with Crippen LogP contribution in [0.5, 0.6) is 0 Å². The zero-order valence-electron chi connectivity index (χ0n) is 28.7. The highest BCUT2D eigenvalue weighted by atomic mass is 14.9. The fourth-order valence-electron chi connectivity index (χ4n) is 7.72. The van der Waals surface area contributed by atoms with Crippen molar-refractivity contribution in [1.29, 1.82) is 0 Å². The molecule has 242 valence electrons. The van der Waals surface area contributed by atoms with Crippen molar-refractivity contribution in [3.05, 3.63) is 193 Å². The van der Waals surface area contributed by atoms with E-state index in [4.69, 9.17) is 9.97 Å². The van der Waals surface area contributed by atoms with E-state index in [1.165, 1.54) is 44.5 Å². The average Bonchev–Trinajstić information content (AvgIpc) is 3.44. The van der Waals surface area contributed by atoms with Crippen LogP contribution >= 0.6 is 0 Å². The zero-order valence-corrected chi connectivity index (χ0v) is 28.7. The summed E-state index contributed by atoms with van der Waals surface area (Å²) in [5.74, 6) is 0.735. The second-order valence-electron chi connectivity index (χ2n) is 13.8. The van der Waals surface area contributed by atoms with Crippen molar-refractivity contribution in [2.45, 2.75) is 19.3 Å². The molecule has 0 aliphatic heterocycles. The molecule has 0 saturated heterocycles. The van der Waals surface area contributed by atoms with Gasteiger partial charge in [0.2, 0.25) is 0 Å². The van der Waals surface area contributed by atoms with E-state index in [-0.39, 0.29) is 5.41 Å². The Balaban J connectivity index is 1.22. The molecule has 51 heavy (non-hydrogen) atoms. The summed E-state index contributed by atoms with van der Waals surface area (Å²) in [4.78, 5) is 10.7. The molecule has 7 aromatic carbocycles. The van der Waals surface area contributed by atoms with Gasteiger partial charge in [0.15, 0.2) is 5.82 Å². The molecule has 0 N–H and O–H groups in total. The van der Waals surface area contributed by atoms with Crippen molar-refractivity contribution >= 4 is 0 Å². The van der Waals surface area contributed by atoms with Crippen LogP contribution in [-0.2, 0) is 5.41 Å². The van der Waals surface area contributed by atoms with Crippen LogP contribution in [0.1, 0.15) is 25.0 Å². The normalized spacial score (nSPS) is 12.7. The predicted molar refractivity (Wildman–Crippen MR) is 212 cm³/mol. The number of benzene rings is 7. The smallest absolute Gasteiger partial charge is 0.160 e. The fourth-order valence-corrected chi connectivity index (χ4v) is 7.72. The fraction of sp³-hybridized carbons (Fsp3) is 0.0612. The lowest BCUT2D eigenvalue weighted by atomic mass is 9.79. The largest absolute Gasteiger partial charge is 0.228 e. The monoisotopic (exact) mass is 652 g/mol. The van der Waals surface area contributed by atoms with Crippen molar-refractivity contribution < 1.29 is 0 Å². The Morgan fingerprint density at radius 2 is 0.765 bits per heavy atom. The van der Waals surface area contributed by atoms with Crippen molar-refractivity contribution in [1.82, 2.24) is 9.97 Å². The Kier molecular flexibility index (Phi) is 7.51. The van der Waals surface area contributed by atoms with Crippen molar-refractivity contribution in [3.8, 4) is 78.4 Å². The Hall–Kier alpha value is -6.38. The maximum Gasteiger partial charge on any atom is 0.160 e. The molecule has 2 heteroatoms. The van der Waals surface area contributed by atoms with E-state index in [0.717, 1.165) is 45.0 Å². The van der Waals surface area contributed by atoms with E-state index < -0.39 is 0 Å². The van der Waals surface area contributed by atoms with Crippen LogP contribution in [0.4, 0.5) is 0 Å². The molecular weight excluding hydrogens is 617 g/mol. The van der Waals surface area contributed by atoms with Gasteiger partial charge in [-0.15, -0.1) is 0 Å². The lowest BCUT2D eigenvalue weighted by Crippen LogP contribution is -2.17. The maximum atomic E-state index is 5.37. The first-order valence-corrected chi connectivity index (χ1v) is 17.6. The molecule has 0 radical (unpaired) electrons. The molecule has 2 nitrogen and oxygen atoms in total. The number of aromatic nitrogens is 2. The van der Waals surface area contributed by atoms with Gasteiger partial charge in [-0.2, -0.15) is 0 Å². The molecule has 0 atom stereocenters. The number of rotatable bonds is 6. The highest BCUT2D eigenvalue weighted by molar-refractivity contribution is 5.89. The first-order chi connectivity index (χ1) is 25.0. The average molecular weight is 653 g/mol. The van der Waals surface area contributed by atoms with Gasteiger partial charge in [0, 0.05) is 22.1 Å². The van der Waals surface area contributed by atoms with E-state index in [2.05, 4.69) is 196 Å². The molecule has 0 saturated carbocycles. The SMILES string of the molecule is CC1(C)c2cc(-c3ccccc3)ccc2-c2cccc(-c3nc(-c4cccc(-c5ccccc5)c4)cc(-c4cccc(-c5ccccc5)c4)n3)c21. The molecule has 0 unspecified atom stereocenters. The summed E-state index contributed by atoms with van der Waals surface area (Å²) >= 11 is 0. The topological polar surface area (TPSA) is 25.8 Å². The molecule has 9 rings (SSSR count). The molecule has 8 aromatic rings. The zero-order chi connectivity index (χ0) is 34.4. The third-order valence-electron chi connectivity index (χ3n) is 10.3. The minimum absolute atomic E-state index is 0.258. The number of nitrogens with zero attached hydrogens (tertiary/aromatic N) is 2. The molecule has 1 aliphatic rings. The Bertz CT molecular complexity index is 2430. The maximum absolute atomic E-state index is 5.37. The number of hydrogen-bond acceptors (Lipinski definition) is 2. The molecular formula is C49H36N2. The van der Waals surface area contributed by atoms with Gasteiger partial charge in [0.25, 0.3) is 0 Å². The van der Waals surface area contributed by atoms with Crippen molar-refractivity contribution in [2.75, 3.05) is 0 Å². The van der Waals surface area contributed by atoms with Gasteiger partial charge in [-0.25, -0.2) is 9.97 Å². The summed E-state index contributed by atoms with van der Waals surface area (Å²) < 4.78 is 0. The predicted octanol–water partition coefficient (Wildman–Crippen LogP) is 12.8. The van der Waals surface area contributed by atoms with Gasteiger partial charge in [-0.3, -0.25) is 0 Å². The lowest BCUT2D eigenvalue weighted by molar-refractivity contribution is 0.661. The third kappa shape index (κ3) is 5.56. The standard InChI is InChI=1S/C49H36N2/c1-49(2)44-31-38(35-19-10-5-11-20-35)27-28-41(44)42-25-14-26-43(47(42)49)48-50-45(39-23-12-21-36(29-39)33-15-6-3-7-16-33)32-46(51-48)40-24-13-22-37(30-40)34-17-8-4-9-18-34/h3-32H,1-2H3. The van der Waals surface area contributed by atoms with Crippen molar-refractivity contribution in [3.63, 3.8) is 0 Å². The van der Waals surface area contributed by atoms with Gasteiger partial charge in [0.05, 0.1) is 11.4 Å². The van der Waals surface area contributed by atoms with Crippen LogP contribution in [0.25, 0.3) is 78.4 Å². The molecule has 0 amide bonds. The quantitative estimate of drug-likeness (QED) is 0.179. The van der Waals surface area contributed by atoms with E-state index in [0.29, 0.717) is 0 Å². The van der Waals surface area contributed by atoms with E-state index in [9.17, 15) is 0 Å². The van der Waals surface area contributed by atoms with Crippen LogP contribution in [0.15, 0.2) is 182 Å². The summed E-state index contributed by atoms with van der Waals surface area (Å²) in [6, 6.07) is 64.8. The summed E-state index contributed by atoms with van der Waals surface area (Å²) in [5.41, 5.74) is 17.0. The van der Waals surface area contributed by atoms with Gasteiger partial charge >= 0.3 is 0 Å². The van der Waals surface area contributed by atoms with E-state index >= 15 is 0 Å². The highest BCUT2D eigenvalue weighted by Gasteiger charge is 2.38. The first kappa shape index (κ1) is 30.7. The summed E-state index contributed by atoms with van der Waals surface area (Å²) in [5, 5.41) is 0. The second kappa shape index (κ2) is 12.5. The minimum atomic E-state index is -0.258. The lowest BCUT2D eigenvalue weighted by Gasteiger charge is -2.24. The Morgan fingerprint density at radius 3 is 1.29 bits per heavy atom. The third-order valence-corrected chi connectivity index (χ3v) is 10.3. The molecule has 0 bridgehead atoms. The molecule has 0 spiro atoms. The number of hydrogen-bond donors (Lipinski definition) is 0. The van der Waals surface area contributed by atoms with E-state index in [1.54, 1.807) is 0 Å². The minimum Gasteiger partial charge on any atom is -0.228 e.